The Morgan fingerprint density at radius 3 is 2.52 bits per heavy atom. The van der Waals surface area contributed by atoms with Crippen LogP contribution in [0.1, 0.15) is 26.3 Å². The van der Waals surface area contributed by atoms with Crippen molar-refractivity contribution < 1.29 is 9.53 Å². The molecule has 1 N–H and O–H groups in total. The van der Waals surface area contributed by atoms with Crippen molar-refractivity contribution in [2.45, 2.75) is 33.8 Å². The Hall–Kier alpha value is -2.20. The first-order valence-electron chi connectivity index (χ1n) is 8.53. The molecule has 4 nitrogen and oxygen atoms in total. The Morgan fingerprint density at radius 2 is 1.92 bits per heavy atom. The Labute approximate surface area is 154 Å². The summed E-state index contributed by atoms with van der Waals surface area (Å²) in [5, 5.41) is 3.51. The van der Waals surface area contributed by atoms with E-state index >= 15 is 0 Å². The lowest BCUT2D eigenvalue weighted by Gasteiger charge is -2.22. The molecule has 0 heterocycles. The minimum absolute atomic E-state index is 0.196. The summed E-state index contributed by atoms with van der Waals surface area (Å²) in [5.41, 5.74) is 2.97. The van der Waals surface area contributed by atoms with Gasteiger partial charge in [0.2, 0.25) is 0 Å². The molecule has 0 saturated carbocycles. The second-order valence-electron chi connectivity index (χ2n) is 5.88. The number of nitrogens with zero attached hydrogens (tertiary/aromatic N) is 1. The van der Waals surface area contributed by atoms with Gasteiger partial charge in [-0.25, -0.2) is 0 Å². The minimum Gasteiger partial charge on any atom is -0.481 e. The maximum Gasteiger partial charge on any atom is 0.265 e. The lowest BCUT2D eigenvalue weighted by atomic mass is 10.1. The van der Waals surface area contributed by atoms with E-state index < -0.39 is 6.10 Å². The van der Waals surface area contributed by atoms with E-state index in [2.05, 4.69) is 30.1 Å². The highest BCUT2D eigenvalue weighted by atomic mass is 35.5. The molecule has 0 aromatic heterocycles. The van der Waals surface area contributed by atoms with E-state index in [0.29, 0.717) is 10.8 Å². The van der Waals surface area contributed by atoms with Gasteiger partial charge < -0.3 is 15.0 Å². The van der Waals surface area contributed by atoms with Crippen LogP contribution in [-0.4, -0.2) is 25.1 Å². The third kappa shape index (κ3) is 5.13. The van der Waals surface area contributed by atoms with E-state index in [0.717, 1.165) is 30.0 Å². The van der Waals surface area contributed by atoms with Crippen molar-refractivity contribution in [1.82, 2.24) is 0 Å². The van der Waals surface area contributed by atoms with Gasteiger partial charge in [0.15, 0.2) is 6.10 Å². The number of hydrogen-bond donors (Lipinski definition) is 1. The van der Waals surface area contributed by atoms with Gasteiger partial charge in [-0.05, 0) is 69.7 Å². The van der Waals surface area contributed by atoms with Crippen molar-refractivity contribution in [3.05, 3.63) is 53.1 Å². The molecule has 1 amide bonds. The summed E-state index contributed by atoms with van der Waals surface area (Å²) in [6.45, 7) is 9.87. The average Bonchev–Trinajstić information content (AvgIpc) is 2.58. The van der Waals surface area contributed by atoms with Gasteiger partial charge in [0, 0.05) is 29.5 Å². The van der Waals surface area contributed by atoms with E-state index in [1.165, 1.54) is 0 Å². The number of carbonyl (C=O) groups is 1. The predicted octanol–water partition coefficient (Wildman–Crippen LogP) is 4.90. The molecule has 0 saturated heterocycles. The second kappa shape index (κ2) is 8.77. The maximum absolute atomic E-state index is 12.4. The number of hydrogen-bond acceptors (Lipinski definition) is 3. The van der Waals surface area contributed by atoms with Crippen molar-refractivity contribution in [3.63, 3.8) is 0 Å². The highest BCUT2D eigenvalue weighted by Crippen LogP contribution is 2.23. The summed E-state index contributed by atoms with van der Waals surface area (Å²) in [7, 11) is 0. The summed E-state index contributed by atoms with van der Waals surface area (Å²) >= 11 is 5.94. The first-order valence-corrected chi connectivity index (χ1v) is 8.91. The smallest absolute Gasteiger partial charge is 0.265 e. The van der Waals surface area contributed by atoms with Crippen LogP contribution in [0.25, 0.3) is 0 Å². The minimum atomic E-state index is -0.625. The molecular formula is C20H25ClN2O2. The lowest BCUT2D eigenvalue weighted by Crippen LogP contribution is -2.30. The fourth-order valence-corrected chi connectivity index (χ4v) is 2.79. The van der Waals surface area contributed by atoms with Gasteiger partial charge in [0.25, 0.3) is 5.91 Å². The summed E-state index contributed by atoms with van der Waals surface area (Å²) in [6, 6.07) is 13.1. The third-order valence-corrected chi connectivity index (χ3v) is 4.31. The Morgan fingerprint density at radius 1 is 1.20 bits per heavy atom. The SMILES string of the molecule is CCN(CC)c1ccc(NC(=O)[C@H](C)Oc2cccc(Cl)c2)c(C)c1. The standard InChI is InChI=1S/C20H25ClN2O2/c1-5-23(6-2)17-10-11-19(14(3)12-17)22-20(24)15(4)25-18-9-7-8-16(21)13-18/h7-13,15H,5-6H2,1-4H3,(H,22,24)/t15-/m0/s1. The van der Waals surface area contributed by atoms with E-state index in [9.17, 15) is 4.79 Å². The number of anilines is 2. The first-order chi connectivity index (χ1) is 11.9. The normalized spacial score (nSPS) is 11.7. The number of ether oxygens (including phenoxy) is 1. The van der Waals surface area contributed by atoms with Crippen LogP contribution in [0.3, 0.4) is 0 Å². The summed E-state index contributed by atoms with van der Waals surface area (Å²) in [6.07, 6.45) is -0.625. The van der Waals surface area contributed by atoms with Crippen molar-refractivity contribution >= 4 is 28.9 Å². The molecule has 1 atom stereocenters. The van der Waals surface area contributed by atoms with Crippen LogP contribution in [0.5, 0.6) is 5.75 Å². The lowest BCUT2D eigenvalue weighted by molar-refractivity contribution is -0.122. The second-order valence-corrected chi connectivity index (χ2v) is 6.31. The van der Waals surface area contributed by atoms with Gasteiger partial charge in [-0.15, -0.1) is 0 Å². The van der Waals surface area contributed by atoms with Crippen LogP contribution in [0.4, 0.5) is 11.4 Å². The van der Waals surface area contributed by atoms with Crippen molar-refractivity contribution in [2.75, 3.05) is 23.3 Å². The molecule has 2 aromatic rings. The Balaban J connectivity index is 2.04. The van der Waals surface area contributed by atoms with Crippen LogP contribution in [-0.2, 0) is 4.79 Å². The Kier molecular flexibility index (Phi) is 6.71. The van der Waals surface area contributed by atoms with Crippen molar-refractivity contribution in [1.29, 1.82) is 0 Å². The molecule has 2 aromatic carbocycles. The highest BCUT2D eigenvalue weighted by molar-refractivity contribution is 6.30. The van der Waals surface area contributed by atoms with Crippen LogP contribution in [0.15, 0.2) is 42.5 Å². The molecule has 2 rings (SSSR count). The number of nitrogens with one attached hydrogen (secondary N) is 1. The number of amides is 1. The molecule has 0 spiro atoms. The fourth-order valence-electron chi connectivity index (χ4n) is 2.61. The summed E-state index contributed by atoms with van der Waals surface area (Å²) in [4.78, 5) is 14.7. The van der Waals surface area contributed by atoms with Gasteiger partial charge in [-0.1, -0.05) is 17.7 Å². The van der Waals surface area contributed by atoms with Crippen LogP contribution in [0.2, 0.25) is 5.02 Å². The largest absolute Gasteiger partial charge is 0.481 e. The third-order valence-electron chi connectivity index (χ3n) is 4.07. The zero-order valence-corrected chi connectivity index (χ0v) is 15.9. The number of carbonyl (C=O) groups excluding carboxylic acids is 1. The number of halogens is 1. The molecule has 0 unspecified atom stereocenters. The van der Waals surface area contributed by atoms with Gasteiger partial charge in [0.05, 0.1) is 0 Å². The van der Waals surface area contributed by atoms with Gasteiger partial charge in [-0.3, -0.25) is 4.79 Å². The van der Waals surface area contributed by atoms with E-state index in [4.69, 9.17) is 16.3 Å². The fraction of sp³-hybridized carbons (Fsp3) is 0.350. The van der Waals surface area contributed by atoms with E-state index in [-0.39, 0.29) is 5.91 Å². The van der Waals surface area contributed by atoms with Gasteiger partial charge in [-0.2, -0.15) is 0 Å². The molecule has 25 heavy (non-hydrogen) atoms. The molecule has 0 fully saturated rings. The molecule has 5 heteroatoms. The molecule has 0 bridgehead atoms. The van der Waals surface area contributed by atoms with Crippen molar-refractivity contribution in [3.8, 4) is 5.75 Å². The number of rotatable bonds is 7. The van der Waals surface area contributed by atoms with Crippen LogP contribution < -0.4 is 15.0 Å². The quantitative estimate of drug-likeness (QED) is 0.763. The highest BCUT2D eigenvalue weighted by Gasteiger charge is 2.16. The van der Waals surface area contributed by atoms with Crippen LogP contribution in [0, 0.1) is 6.92 Å². The molecule has 0 aliphatic rings. The number of aryl methyl sites for hydroxylation is 1. The summed E-state index contributed by atoms with van der Waals surface area (Å²) in [5.74, 6) is 0.377. The summed E-state index contributed by atoms with van der Waals surface area (Å²) < 4.78 is 5.66. The van der Waals surface area contributed by atoms with Crippen LogP contribution >= 0.6 is 11.6 Å². The van der Waals surface area contributed by atoms with Gasteiger partial charge in [0.1, 0.15) is 5.75 Å². The molecule has 0 aliphatic heterocycles. The zero-order valence-electron chi connectivity index (χ0n) is 15.2. The Bertz CT molecular complexity index is 729. The first kappa shape index (κ1) is 19.1. The van der Waals surface area contributed by atoms with Gasteiger partial charge >= 0.3 is 0 Å². The average molecular weight is 361 g/mol. The molecule has 0 aliphatic carbocycles. The predicted molar refractivity (Wildman–Crippen MR) is 105 cm³/mol. The number of benzene rings is 2. The molecule has 0 radical (unpaired) electrons. The maximum atomic E-state index is 12.4. The molecular weight excluding hydrogens is 336 g/mol. The van der Waals surface area contributed by atoms with Crippen molar-refractivity contribution in [2.24, 2.45) is 0 Å². The topological polar surface area (TPSA) is 41.6 Å². The zero-order chi connectivity index (χ0) is 18.4. The monoisotopic (exact) mass is 360 g/mol. The molecule has 134 valence electrons. The van der Waals surface area contributed by atoms with E-state index in [1.54, 1.807) is 31.2 Å². The van der Waals surface area contributed by atoms with E-state index in [1.807, 2.05) is 19.1 Å².